The van der Waals surface area contributed by atoms with Crippen molar-refractivity contribution in [1.82, 2.24) is 0 Å². The van der Waals surface area contributed by atoms with Gasteiger partial charge in [0.1, 0.15) is 6.04 Å². The summed E-state index contributed by atoms with van der Waals surface area (Å²) in [5.41, 5.74) is 2.17. The first-order valence-corrected chi connectivity index (χ1v) is 11.1. The number of quaternary nitrogens is 1. The quantitative estimate of drug-likeness (QED) is 0.830. The van der Waals surface area contributed by atoms with Crippen molar-refractivity contribution in [2.45, 2.75) is 38.6 Å². The summed E-state index contributed by atoms with van der Waals surface area (Å²) in [6.07, 6.45) is 4.92. The number of thiophene rings is 1. The van der Waals surface area contributed by atoms with E-state index in [2.05, 4.69) is 46.8 Å². The highest BCUT2D eigenvalue weighted by Gasteiger charge is 2.32. The van der Waals surface area contributed by atoms with E-state index in [4.69, 9.17) is 0 Å². The van der Waals surface area contributed by atoms with Crippen LogP contribution in [0.4, 0.5) is 11.4 Å². The summed E-state index contributed by atoms with van der Waals surface area (Å²) >= 11 is 1.81. The molecule has 0 aliphatic carbocycles. The van der Waals surface area contributed by atoms with Gasteiger partial charge in [0.2, 0.25) is 0 Å². The summed E-state index contributed by atoms with van der Waals surface area (Å²) in [6.45, 7) is 6.24. The van der Waals surface area contributed by atoms with E-state index in [-0.39, 0.29) is 5.91 Å². The van der Waals surface area contributed by atoms with E-state index in [1.807, 2.05) is 23.5 Å². The second-order valence-corrected chi connectivity index (χ2v) is 9.04. The van der Waals surface area contributed by atoms with Gasteiger partial charge in [0, 0.05) is 37.3 Å². The smallest absolute Gasteiger partial charge is 0.279 e. The molecule has 0 spiro atoms. The van der Waals surface area contributed by atoms with Gasteiger partial charge < -0.3 is 15.1 Å². The molecule has 4 nitrogen and oxygen atoms in total. The summed E-state index contributed by atoms with van der Waals surface area (Å²) in [5, 5.41) is 5.23. The van der Waals surface area contributed by atoms with Gasteiger partial charge in [0.25, 0.3) is 5.91 Å². The Kier molecular flexibility index (Phi) is 5.79. The Morgan fingerprint density at radius 1 is 1.19 bits per heavy atom. The molecule has 2 atom stereocenters. The van der Waals surface area contributed by atoms with Gasteiger partial charge >= 0.3 is 0 Å². The van der Waals surface area contributed by atoms with Crippen LogP contribution in [0.3, 0.4) is 0 Å². The van der Waals surface area contributed by atoms with E-state index in [9.17, 15) is 4.79 Å². The second-order valence-electron chi connectivity index (χ2n) is 8.06. The minimum absolute atomic E-state index is 0.119. The fourth-order valence-corrected chi connectivity index (χ4v) is 5.31. The monoisotopic (exact) mass is 384 g/mol. The first kappa shape index (κ1) is 18.5. The summed E-state index contributed by atoms with van der Waals surface area (Å²) in [7, 11) is 0. The third-order valence-electron chi connectivity index (χ3n) is 6.06. The molecule has 0 bridgehead atoms. The van der Waals surface area contributed by atoms with E-state index < -0.39 is 0 Å². The van der Waals surface area contributed by atoms with Crippen molar-refractivity contribution in [1.29, 1.82) is 0 Å². The molecule has 2 fully saturated rings. The molecule has 2 aliphatic heterocycles. The lowest BCUT2D eigenvalue weighted by atomic mass is 9.99. The Morgan fingerprint density at radius 3 is 2.67 bits per heavy atom. The maximum atomic E-state index is 12.6. The molecule has 0 radical (unpaired) electrons. The normalized spacial score (nSPS) is 23.5. The number of rotatable bonds is 5. The number of carbonyl (C=O) groups excluding carboxylic acids is 1. The maximum Gasteiger partial charge on any atom is 0.279 e. The van der Waals surface area contributed by atoms with Gasteiger partial charge in [-0.05, 0) is 54.5 Å². The van der Waals surface area contributed by atoms with Gasteiger partial charge in [0.05, 0.1) is 11.4 Å². The Hall–Kier alpha value is -1.85. The van der Waals surface area contributed by atoms with Crippen molar-refractivity contribution >= 4 is 28.6 Å². The number of likely N-dealkylation sites (tertiary alicyclic amines) is 1. The van der Waals surface area contributed by atoms with Crippen LogP contribution < -0.4 is 15.1 Å². The number of hydrogen-bond acceptors (Lipinski definition) is 3. The van der Waals surface area contributed by atoms with E-state index in [0.717, 1.165) is 31.2 Å². The minimum atomic E-state index is 0.119. The zero-order chi connectivity index (χ0) is 18.6. The molecule has 4 rings (SSSR count). The summed E-state index contributed by atoms with van der Waals surface area (Å²) in [6, 6.07) is 13.2. The van der Waals surface area contributed by atoms with Crippen LogP contribution in [-0.2, 0) is 4.79 Å². The van der Waals surface area contributed by atoms with Crippen LogP contribution in [0.2, 0.25) is 0 Å². The Bertz CT molecular complexity index is 735. The molecular formula is C22H30N3OS+. The van der Waals surface area contributed by atoms with Crippen molar-refractivity contribution in [2.24, 2.45) is 5.92 Å². The first-order valence-electron chi connectivity index (χ1n) is 10.2. The van der Waals surface area contributed by atoms with Crippen molar-refractivity contribution in [2.75, 3.05) is 36.4 Å². The summed E-state index contributed by atoms with van der Waals surface area (Å²) < 4.78 is 0. The molecular weight excluding hydrogens is 354 g/mol. The van der Waals surface area contributed by atoms with Gasteiger partial charge in [0.15, 0.2) is 6.54 Å². The SMILES string of the molecule is CC1CCN(c2ccc(NC(=O)C[NH+]3CCC[C@H]3c3cccs3)cc2)CC1. The third-order valence-corrected chi connectivity index (χ3v) is 7.04. The molecule has 27 heavy (non-hydrogen) atoms. The van der Waals surface area contributed by atoms with Crippen molar-refractivity contribution in [3.05, 3.63) is 46.7 Å². The van der Waals surface area contributed by atoms with Crippen molar-refractivity contribution in [3.63, 3.8) is 0 Å². The number of anilines is 2. The highest BCUT2D eigenvalue weighted by molar-refractivity contribution is 7.10. The fourth-order valence-electron chi connectivity index (χ4n) is 4.39. The molecule has 2 aliphatic rings. The largest absolute Gasteiger partial charge is 0.372 e. The number of nitrogens with one attached hydrogen (secondary N) is 2. The molecule has 0 saturated carbocycles. The van der Waals surface area contributed by atoms with Crippen LogP contribution in [0.1, 0.15) is 43.5 Å². The maximum absolute atomic E-state index is 12.6. The molecule has 5 heteroatoms. The van der Waals surface area contributed by atoms with Crippen molar-refractivity contribution in [3.8, 4) is 0 Å². The second kappa shape index (κ2) is 8.44. The van der Waals surface area contributed by atoms with Crippen LogP contribution in [0, 0.1) is 5.92 Å². The Morgan fingerprint density at radius 2 is 1.96 bits per heavy atom. The standard InChI is InChI=1S/C22H29N3OS/c1-17-10-13-24(14-11-17)19-8-6-18(7-9-19)23-22(26)16-25-12-2-4-20(25)21-5-3-15-27-21/h3,5-9,15,17,20H,2,4,10-14,16H2,1H3,(H,23,26)/p+1/t20-/m0/s1. The molecule has 1 amide bonds. The predicted molar refractivity (Wildman–Crippen MR) is 113 cm³/mol. The van der Waals surface area contributed by atoms with E-state index >= 15 is 0 Å². The Labute approximate surface area is 166 Å². The van der Waals surface area contributed by atoms with Crippen LogP contribution in [-0.4, -0.2) is 32.1 Å². The average Bonchev–Trinajstić information content (AvgIpc) is 3.34. The fraction of sp³-hybridized carbons (Fsp3) is 0.500. The molecule has 2 N–H and O–H groups in total. The molecule has 2 saturated heterocycles. The third kappa shape index (κ3) is 4.53. The lowest BCUT2D eigenvalue weighted by Gasteiger charge is -2.32. The number of piperidine rings is 1. The minimum Gasteiger partial charge on any atom is -0.372 e. The first-order chi connectivity index (χ1) is 13.2. The van der Waals surface area contributed by atoms with Crippen LogP contribution in [0.15, 0.2) is 41.8 Å². The summed E-state index contributed by atoms with van der Waals surface area (Å²) in [4.78, 5) is 17.8. The highest BCUT2D eigenvalue weighted by Crippen LogP contribution is 2.25. The molecule has 1 aromatic carbocycles. The van der Waals surface area contributed by atoms with Crippen LogP contribution in [0.5, 0.6) is 0 Å². The lowest BCUT2D eigenvalue weighted by molar-refractivity contribution is -0.910. The van der Waals surface area contributed by atoms with Gasteiger partial charge in [-0.25, -0.2) is 0 Å². The van der Waals surface area contributed by atoms with Gasteiger partial charge in [-0.3, -0.25) is 4.79 Å². The van der Waals surface area contributed by atoms with E-state index in [0.29, 0.717) is 12.6 Å². The number of carbonyl (C=O) groups is 1. The van der Waals surface area contributed by atoms with Crippen molar-refractivity contribution < 1.29 is 9.69 Å². The lowest BCUT2D eigenvalue weighted by Crippen LogP contribution is -3.11. The Balaban J connectivity index is 1.31. The highest BCUT2D eigenvalue weighted by atomic mass is 32.1. The van der Waals surface area contributed by atoms with Crippen LogP contribution in [0.25, 0.3) is 0 Å². The van der Waals surface area contributed by atoms with E-state index in [1.165, 1.54) is 41.1 Å². The number of hydrogen-bond donors (Lipinski definition) is 2. The number of amides is 1. The zero-order valence-corrected chi connectivity index (χ0v) is 16.9. The zero-order valence-electron chi connectivity index (χ0n) is 16.1. The molecule has 3 heterocycles. The molecule has 1 aromatic heterocycles. The number of nitrogens with zero attached hydrogens (tertiary/aromatic N) is 1. The predicted octanol–water partition coefficient (Wildman–Crippen LogP) is 3.34. The molecule has 144 valence electrons. The molecule has 2 aromatic rings. The topological polar surface area (TPSA) is 36.8 Å². The number of benzene rings is 1. The summed E-state index contributed by atoms with van der Waals surface area (Å²) in [5.74, 6) is 0.957. The van der Waals surface area contributed by atoms with Gasteiger partial charge in [-0.1, -0.05) is 13.0 Å². The van der Waals surface area contributed by atoms with E-state index in [1.54, 1.807) is 0 Å². The average molecular weight is 385 g/mol. The molecule has 1 unspecified atom stereocenters. The van der Waals surface area contributed by atoms with Gasteiger partial charge in [-0.15, -0.1) is 11.3 Å². The van der Waals surface area contributed by atoms with Crippen LogP contribution >= 0.6 is 11.3 Å². The van der Waals surface area contributed by atoms with Gasteiger partial charge in [-0.2, -0.15) is 0 Å².